The predicted octanol–water partition coefficient (Wildman–Crippen LogP) is 0.702. The van der Waals surface area contributed by atoms with E-state index in [2.05, 4.69) is 20.6 Å². The van der Waals surface area contributed by atoms with Crippen LogP contribution in [0.5, 0.6) is 0 Å². The molecule has 2 aliphatic rings. The second-order valence-electron chi connectivity index (χ2n) is 6.63. The van der Waals surface area contributed by atoms with Gasteiger partial charge in [0.05, 0.1) is 31.0 Å². The van der Waals surface area contributed by atoms with Crippen molar-refractivity contribution in [1.82, 2.24) is 15.5 Å². The average Bonchev–Trinajstić information content (AvgIpc) is 3.32. The maximum Gasteiger partial charge on any atom is 0.414 e. The van der Waals surface area contributed by atoms with Crippen LogP contribution in [0.4, 0.5) is 25.7 Å². The summed E-state index contributed by atoms with van der Waals surface area (Å²) in [5.41, 5.74) is 0.670. The molecular weight excluding hydrogens is 417 g/mol. The van der Waals surface area contributed by atoms with Crippen molar-refractivity contribution in [2.45, 2.75) is 13.0 Å². The number of nitrogens with zero attached hydrogens (tertiary/aromatic N) is 5. The highest BCUT2D eigenvalue weighted by molar-refractivity contribution is 7.12. The quantitative estimate of drug-likeness (QED) is 0.709. The Hall–Kier alpha value is -3.48. The summed E-state index contributed by atoms with van der Waals surface area (Å²) in [4.78, 5) is 37.0. The Kier molecular flexibility index (Phi) is 5.35. The molecule has 1 aromatic heterocycles. The molecule has 2 N–H and O–H groups in total. The third-order valence-electron chi connectivity index (χ3n) is 4.54. The molecule has 1 aromatic carbocycles. The molecule has 30 heavy (non-hydrogen) atoms. The van der Waals surface area contributed by atoms with Crippen molar-refractivity contribution < 1.29 is 18.7 Å². The van der Waals surface area contributed by atoms with E-state index in [4.69, 9.17) is 4.74 Å². The van der Waals surface area contributed by atoms with E-state index in [-0.39, 0.29) is 23.9 Å². The number of amides is 2. The van der Waals surface area contributed by atoms with Crippen LogP contribution in [0, 0.1) is 5.82 Å². The number of aromatic amines is 1. The highest BCUT2D eigenvalue weighted by Crippen LogP contribution is 2.28. The molecule has 1 atom stereocenters. The molecule has 0 saturated carbocycles. The molecule has 13 heteroatoms. The van der Waals surface area contributed by atoms with Crippen molar-refractivity contribution in [3.05, 3.63) is 33.7 Å². The highest BCUT2D eigenvalue weighted by atomic mass is 32.1. The van der Waals surface area contributed by atoms with Crippen LogP contribution < -0.4 is 25.0 Å². The number of H-pyrrole nitrogens is 1. The molecule has 0 aliphatic carbocycles. The van der Waals surface area contributed by atoms with Gasteiger partial charge in [0.15, 0.2) is 0 Å². The topological polar surface area (TPSA) is 123 Å². The van der Waals surface area contributed by atoms with E-state index in [1.165, 1.54) is 24.2 Å². The Morgan fingerprint density at radius 1 is 1.40 bits per heavy atom. The summed E-state index contributed by atoms with van der Waals surface area (Å²) in [7, 11) is 0. The first-order valence-corrected chi connectivity index (χ1v) is 9.88. The van der Waals surface area contributed by atoms with E-state index >= 15 is 0 Å². The van der Waals surface area contributed by atoms with Gasteiger partial charge in [-0.15, -0.1) is 5.10 Å². The number of hydrogen-bond donors (Lipinski definition) is 2. The van der Waals surface area contributed by atoms with Gasteiger partial charge in [-0.3, -0.25) is 14.5 Å². The fourth-order valence-corrected chi connectivity index (χ4v) is 3.69. The molecule has 2 aromatic rings. The molecule has 0 radical (unpaired) electrons. The summed E-state index contributed by atoms with van der Waals surface area (Å²) in [6.07, 6.45) is 0.369. The molecule has 0 spiro atoms. The number of halogens is 1. The number of benzene rings is 1. The molecular formula is C17H18FN7O4S. The first-order chi connectivity index (χ1) is 14.4. The van der Waals surface area contributed by atoms with Gasteiger partial charge in [-0.2, -0.15) is 5.10 Å². The van der Waals surface area contributed by atoms with Crippen molar-refractivity contribution in [1.29, 1.82) is 0 Å². The molecule has 1 fully saturated rings. The van der Waals surface area contributed by atoms with E-state index in [9.17, 15) is 18.8 Å². The summed E-state index contributed by atoms with van der Waals surface area (Å²) >= 11 is 0.941. The van der Waals surface area contributed by atoms with Gasteiger partial charge in [0.1, 0.15) is 18.3 Å². The molecule has 11 nitrogen and oxygen atoms in total. The van der Waals surface area contributed by atoms with Gasteiger partial charge in [0, 0.05) is 13.5 Å². The Balaban J connectivity index is 1.44. The maximum absolute atomic E-state index is 14.8. The van der Waals surface area contributed by atoms with Crippen molar-refractivity contribution in [2.24, 2.45) is 5.10 Å². The minimum atomic E-state index is -0.592. The number of rotatable bonds is 5. The van der Waals surface area contributed by atoms with Gasteiger partial charge in [-0.1, -0.05) is 0 Å². The van der Waals surface area contributed by atoms with Gasteiger partial charge >= 0.3 is 11.0 Å². The Labute approximate surface area is 173 Å². The van der Waals surface area contributed by atoms with Crippen LogP contribution in [0.1, 0.15) is 6.92 Å². The zero-order valence-corrected chi connectivity index (χ0v) is 16.7. The van der Waals surface area contributed by atoms with E-state index in [1.54, 1.807) is 22.0 Å². The molecule has 158 valence electrons. The number of aromatic nitrogens is 2. The SMILES string of the molecule is CC(=O)NCC1CN(c2ccc(N3C=NN(c4n[nH]c(=O)s4)CC3)c(F)c2)C(=O)O1. The second kappa shape index (κ2) is 8.10. The monoisotopic (exact) mass is 435 g/mol. The van der Waals surface area contributed by atoms with E-state index in [1.807, 2.05) is 0 Å². The number of anilines is 3. The van der Waals surface area contributed by atoms with Crippen LogP contribution in [0.25, 0.3) is 0 Å². The largest absolute Gasteiger partial charge is 0.442 e. The van der Waals surface area contributed by atoms with Crippen molar-refractivity contribution in [3.63, 3.8) is 0 Å². The van der Waals surface area contributed by atoms with Gasteiger partial charge in [0.2, 0.25) is 11.0 Å². The summed E-state index contributed by atoms with van der Waals surface area (Å²) in [6, 6.07) is 4.45. The Morgan fingerprint density at radius 3 is 2.87 bits per heavy atom. The van der Waals surface area contributed by atoms with Crippen molar-refractivity contribution in [3.8, 4) is 0 Å². The highest BCUT2D eigenvalue weighted by Gasteiger charge is 2.33. The zero-order chi connectivity index (χ0) is 21.3. The summed E-state index contributed by atoms with van der Waals surface area (Å²) in [5, 5.41) is 15.0. The number of cyclic esters (lactones) is 1. The fraction of sp³-hybridized carbons (Fsp3) is 0.353. The van der Waals surface area contributed by atoms with Gasteiger partial charge < -0.3 is 15.0 Å². The summed E-state index contributed by atoms with van der Waals surface area (Å²) in [5.74, 6) is -0.738. The van der Waals surface area contributed by atoms with E-state index in [0.29, 0.717) is 29.6 Å². The normalized spacial score (nSPS) is 18.7. The molecule has 3 heterocycles. The fourth-order valence-electron chi connectivity index (χ4n) is 3.10. The molecule has 2 amide bonds. The Bertz CT molecular complexity index is 1050. The second-order valence-corrected chi connectivity index (χ2v) is 7.57. The third kappa shape index (κ3) is 4.10. The van der Waals surface area contributed by atoms with Crippen molar-refractivity contribution in [2.75, 3.05) is 41.0 Å². The first kappa shape index (κ1) is 19.8. The minimum absolute atomic E-state index is 0.198. The molecule has 1 saturated heterocycles. The number of carbonyl (C=O) groups excluding carboxylic acids is 2. The van der Waals surface area contributed by atoms with Gasteiger partial charge in [-0.25, -0.2) is 19.3 Å². The number of hydrogen-bond acceptors (Lipinski definition) is 9. The first-order valence-electron chi connectivity index (χ1n) is 9.06. The lowest BCUT2D eigenvalue weighted by molar-refractivity contribution is -0.119. The van der Waals surface area contributed by atoms with Crippen LogP contribution >= 0.6 is 11.3 Å². The minimum Gasteiger partial charge on any atom is -0.442 e. The summed E-state index contributed by atoms with van der Waals surface area (Å²) in [6.45, 7) is 2.64. The van der Waals surface area contributed by atoms with Gasteiger partial charge in [-0.05, 0) is 29.5 Å². The lowest BCUT2D eigenvalue weighted by Gasteiger charge is -2.28. The van der Waals surface area contributed by atoms with E-state index < -0.39 is 18.0 Å². The van der Waals surface area contributed by atoms with Gasteiger partial charge in [0.25, 0.3) is 0 Å². The molecule has 4 rings (SSSR count). The summed E-state index contributed by atoms with van der Waals surface area (Å²) < 4.78 is 20.0. The van der Waals surface area contributed by atoms with E-state index in [0.717, 1.165) is 11.3 Å². The Morgan fingerprint density at radius 2 is 2.23 bits per heavy atom. The molecule has 1 unspecified atom stereocenters. The molecule has 0 bridgehead atoms. The smallest absolute Gasteiger partial charge is 0.414 e. The lowest BCUT2D eigenvalue weighted by Crippen LogP contribution is -2.38. The van der Waals surface area contributed by atoms with Crippen LogP contribution in [-0.4, -0.2) is 60.8 Å². The van der Waals surface area contributed by atoms with Crippen LogP contribution in [-0.2, 0) is 9.53 Å². The maximum atomic E-state index is 14.8. The van der Waals surface area contributed by atoms with Crippen LogP contribution in [0.15, 0.2) is 28.1 Å². The number of nitrogens with one attached hydrogen (secondary N) is 2. The number of hydrazone groups is 1. The standard InChI is InChI=1S/C17H18FN7O4S/c1-10(26)19-7-12-8-24(17(28)29-12)11-2-3-14(13(18)6-11)23-4-5-25(20-9-23)15-21-22-16(27)30-15/h2-3,6,9,12H,4-5,7-8H2,1H3,(H,19,26)(H,22,27). The number of ether oxygens (including phenoxy) is 1. The molecule has 2 aliphatic heterocycles. The lowest BCUT2D eigenvalue weighted by atomic mass is 10.2. The van der Waals surface area contributed by atoms with Crippen LogP contribution in [0.2, 0.25) is 0 Å². The average molecular weight is 435 g/mol. The number of carbonyl (C=O) groups is 2. The third-order valence-corrected chi connectivity index (χ3v) is 5.30. The van der Waals surface area contributed by atoms with Crippen molar-refractivity contribution >= 4 is 46.2 Å². The predicted molar refractivity (Wildman–Crippen MR) is 109 cm³/mol. The van der Waals surface area contributed by atoms with Crippen LogP contribution in [0.3, 0.4) is 0 Å². The zero-order valence-electron chi connectivity index (χ0n) is 15.9.